The lowest BCUT2D eigenvalue weighted by molar-refractivity contribution is -0.0864. The molecule has 4 nitrogen and oxygen atoms in total. The summed E-state index contributed by atoms with van der Waals surface area (Å²) in [7, 11) is 0. The van der Waals surface area contributed by atoms with Crippen molar-refractivity contribution in [3.8, 4) is 0 Å². The molecule has 0 radical (unpaired) electrons. The Morgan fingerprint density at radius 3 is 2.75 bits per heavy atom. The largest absolute Gasteiger partial charge is 0.395 e. The molecular formula is C12H12N2O2. The van der Waals surface area contributed by atoms with Gasteiger partial charge in [0.25, 0.3) is 0 Å². The molecule has 0 amide bonds. The molecule has 1 N–H and O–H groups in total. The smallest absolute Gasteiger partial charge is 0.0929 e. The van der Waals surface area contributed by atoms with Gasteiger partial charge in [-0.15, -0.1) is 0 Å². The SMILES string of the molecule is OCC1(c2cc3ccccc3nn2)COC1. The molecule has 0 aliphatic carbocycles. The van der Waals surface area contributed by atoms with Crippen LogP contribution >= 0.6 is 0 Å². The topological polar surface area (TPSA) is 55.2 Å². The van der Waals surface area contributed by atoms with Crippen LogP contribution in [0.4, 0.5) is 0 Å². The quantitative estimate of drug-likeness (QED) is 0.810. The van der Waals surface area contributed by atoms with E-state index in [9.17, 15) is 5.11 Å². The lowest BCUT2D eigenvalue weighted by Gasteiger charge is -2.38. The minimum absolute atomic E-state index is 0.0556. The summed E-state index contributed by atoms with van der Waals surface area (Å²) >= 11 is 0. The van der Waals surface area contributed by atoms with E-state index in [2.05, 4.69) is 10.2 Å². The van der Waals surface area contributed by atoms with Crippen molar-refractivity contribution in [1.29, 1.82) is 0 Å². The summed E-state index contributed by atoms with van der Waals surface area (Å²) in [6, 6.07) is 9.82. The van der Waals surface area contributed by atoms with E-state index in [0.717, 1.165) is 16.6 Å². The van der Waals surface area contributed by atoms with E-state index >= 15 is 0 Å². The van der Waals surface area contributed by atoms with Gasteiger partial charge in [0.1, 0.15) is 0 Å². The molecule has 2 aromatic rings. The molecule has 0 spiro atoms. The summed E-state index contributed by atoms with van der Waals surface area (Å²) in [5.74, 6) is 0. The van der Waals surface area contributed by atoms with Crippen LogP contribution < -0.4 is 0 Å². The standard InChI is InChI=1S/C12H12N2O2/c15-6-12(7-16-8-12)11-5-9-3-1-2-4-10(9)13-14-11/h1-5,15H,6-8H2. The molecule has 1 aliphatic rings. The Balaban J connectivity index is 2.11. The van der Waals surface area contributed by atoms with Crippen LogP contribution in [0.15, 0.2) is 30.3 Å². The van der Waals surface area contributed by atoms with Gasteiger partial charge in [-0.05, 0) is 12.1 Å². The number of aliphatic hydroxyl groups is 1. The third-order valence-electron chi connectivity index (χ3n) is 3.10. The van der Waals surface area contributed by atoms with Crippen LogP contribution in [0.1, 0.15) is 5.69 Å². The molecule has 1 aromatic heterocycles. The lowest BCUT2D eigenvalue weighted by Crippen LogP contribution is -2.50. The fourth-order valence-electron chi connectivity index (χ4n) is 1.91. The van der Waals surface area contributed by atoms with Crippen molar-refractivity contribution in [3.05, 3.63) is 36.0 Å². The lowest BCUT2D eigenvalue weighted by atomic mass is 9.83. The average molecular weight is 216 g/mol. The summed E-state index contributed by atoms with van der Waals surface area (Å²) < 4.78 is 5.17. The van der Waals surface area contributed by atoms with Crippen LogP contribution in [0.5, 0.6) is 0 Å². The highest BCUT2D eigenvalue weighted by Crippen LogP contribution is 2.31. The average Bonchev–Trinajstić information content (AvgIpc) is 2.28. The third-order valence-corrected chi connectivity index (χ3v) is 3.10. The molecule has 1 saturated heterocycles. The molecule has 16 heavy (non-hydrogen) atoms. The van der Waals surface area contributed by atoms with E-state index in [4.69, 9.17) is 4.74 Å². The summed E-state index contributed by atoms with van der Waals surface area (Å²) in [4.78, 5) is 0. The molecule has 0 unspecified atom stereocenters. The Morgan fingerprint density at radius 2 is 2.06 bits per heavy atom. The first-order valence-electron chi connectivity index (χ1n) is 5.26. The fraction of sp³-hybridized carbons (Fsp3) is 0.333. The highest BCUT2D eigenvalue weighted by atomic mass is 16.5. The molecule has 1 aromatic carbocycles. The van der Waals surface area contributed by atoms with E-state index in [1.807, 2.05) is 30.3 Å². The number of rotatable bonds is 2. The number of nitrogens with zero attached hydrogens (tertiary/aromatic N) is 2. The van der Waals surface area contributed by atoms with Crippen LogP contribution in [0.25, 0.3) is 10.9 Å². The van der Waals surface area contributed by atoms with Crippen LogP contribution in [-0.4, -0.2) is 35.1 Å². The van der Waals surface area contributed by atoms with E-state index < -0.39 is 0 Å². The molecular weight excluding hydrogens is 204 g/mol. The fourth-order valence-corrected chi connectivity index (χ4v) is 1.91. The van der Waals surface area contributed by atoms with Crippen molar-refractivity contribution in [2.45, 2.75) is 5.41 Å². The van der Waals surface area contributed by atoms with Gasteiger partial charge in [0, 0.05) is 5.39 Å². The Kier molecular flexibility index (Phi) is 2.12. The predicted molar refractivity (Wildman–Crippen MR) is 59.1 cm³/mol. The Labute approximate surface area is 92.9 Å². The van der Waals surface area contributed by atoms with Crippen LogP contribution in [0, 0.1) is 0 Å². The molecule has 0 bridgehead atoms. The van der Waals surface area contributed by atoms with Crippen molar-refractivity contribution >= 4 is 10.9 Å². The molecule has 2 heterocycles. The Bertz CT molecular complexity index is 518. The van der Waals surface area contributed by atoms with Gasteiger partial charge in [0.15, 0.2) is 0 Å². The number of ether oxygens (including phenoxy) is 1. The minimum atomic E-state index is -0.336. The molecule has 82 valence electrons. The van der Waals surface area contributed by atoms with E-state index in [1.54, 1.807) is 0 Å². The van der Waals surface area contributed by atoms with Crippen molar-refractivity contribution in [1.82, 2.24) is 10.2 Å². The van der Waals surface area contributed by atoms with Crippen molar-refractivity contribution < 1.29 is 9.84 Å². The number of hydrogen-bond donors (Lipinski definition) is 1. The first kappa shape index (κ1) is 9.69. The highest BCUT2D eigenvalue weighted by Gasteiger charge is 2.41. The van der Waals surface area contributed by atoms with Gasteiger partial charge >= 0.3 is 0 Å². The van der Waals surface area contributed by atoms with Crippen molar-refractivity contribution in [2.75, 3.05) is 19.8 Å². The second kappa shape index (κ2) is 3.50. The second-order valence-corrected chi connectivity index (χ2v) is 4.22. The Hall–Kier alpha value is -1.52. The summed E-state index contributed by atoms with van der Waals surface area (Å²) in [5, 5.41) is 18.8. The predicted octanol–water partition coefficient (Wildman–Crippen LogP) is 0.890. The summed E-state index contributed by atoms with van der Waals surface area (Å²) in [6.07, 6.45) is 0. The molecule has 0 atom stereocenters. The zero-order valence-corrected chi connectivity index (χ0v) is 8.76. The zero-order chi connectivity index (χ0) is 11.0. The number of aromatic nitrogens is 2. The minimum Gasteiger partial charge on any atom is -0.395 e. The van der Waals surface area contributed by atoms with Crippen LogP contribution in [0.2, 0.25) is 0 Å². The summed E-state index contributed by atoms with van der Waals surface area (Å²) in [6.45, 7) is 1.10. The van der Waals surface area contributed by atoms with Crippen LogP contribution in [0.3, 0.4) is 0 Å². The van der Waals surface area contributed by atoms with Gasteiger partial charge < -0.3 is 9.84 Å². The van der Waals surface area contributed by atoms with Gasteiger partial charge in [-0.2, -0.15) is 10.2 Å². The number of fused-ring (bicyclic) bond motifs is 1. The normalized spacial score (nSPS) is 18.3. The van der Waals surface area contributed by atoms with Gasteiger partial charge in [0.05, 0.1) is 36.4 Å². The van der Waals surface area contributed by atoms with Crippen LogP contribution in [-0.2, 0) is 10.2 Å². The molecule has 4 heteroatoms. The maximum atomic E-state index is 9.41. The Morgan fingerprint density at radius 1 is 1.25 bits per heavy atom. The number of hydrogen-bond acceptors (Lipinski definition) is 4. The number of benzene rings is 1. The van der Waals surface area contributed by atoms with E-state index in [1.165, 1.54) is 0 Å². The first-order chi connectivity index (χ1) is 7.84. The molecule has 0 saturated carbocycles. The second-order valence-electron chi connectivity index (χ2n) is 4.22. The highest BCUT2D eigenvalue weighted by molar-refractivity contribution is 5.78. The van der Waals surface area contributed by atoms with E-state index in [-0.39, 0.29) is 12.0 Å². The van der Waals surface area contributed by atoms with Gasteiger partial charge in [-0.1, -0.05) is 18.2 Å². The van der Waals surface area contributed by atoms with Gasteiger partial charge in [-0.25, -0.2) is 0 Å². The molecule has 1 fully saturated rings. The number of aliphatic hydroxyl groups excluding tert-OH is 1. The monoisotopic (exact) mass is 216 g/mol. The van der Waals surface area contributed by atoms with Crippen molar-refractivity contribution in [2.24, 2.45) is 0 Å². The van der Waals surface area contributed by atoms with Crippen molar-refractivity contribution in [3.63, 3.8) is 0 Å². The van der Waals surface area contributed by atoms with E-state index in [0.29, 0.717) is 13.2 Å². The maximum Gasteiger partial charge on any atom is 0.0929 e. The zero-order valence-electron chi connectivity index (χ0n) is 8.76. The molecule has 3 rings (SSSR count). The summed E-state index contributed by atoms with van der Waals surface area (Å²) in [5.41, 5.74) is 1.36. The maximum absolute atomic E-state index is 9.41. The van der Waals surface area contributed by atoms with Gasteiger partial charge in [0.2, 0.25) is 0 Å². The first-order valence-corrected chi connectivity index (χ1v) is 5.26. The third kappa shape index (κ3) is 1.31. The van der Waals surface area contributed by atoms with Gasteiger partial charge in [-0.3, -0.25) is 0 Å². The molecule has 1 aliphatic heterocycles.